The molecule has 2 heterocycles. The number of anilines is 1. The Bertz CT molecular complexity index is 405. The molecule has 2 amide bonds. The van der Waals surface area contributed by atoms with Gasteiger partial charge < -0.3 is 10.2 Å². The van der Waals surface area contributed by atoms with E-state index in [1.54, 1.807) is 31.6 Å². The summed E-state index contributed by atoms with van der Waals surface area (Å²) in [6.07, 6.45) is 3.82. The normalized spacial score (nSPS) is 19.3. The van der Waals surface area contributed by atoms with Gasteiger partial charge in [0.05, 0.1) is 11.9 Å². The number of aromatic nitrogens is 1. The second-order valence-corrected chi connectivity index (χ2v) is 3.74. The first kappa shape index (κ1) is 10.6. The van der Waals surface area contributed by atoms with Crippen molar-refractivity contribution < 1.29 is 9.59 Å². The number of nitrogens with one attached hydrogen (secondary N) is 1. The van der Waals surface area contributed by atoms with Crippen LogP contribution >= 0.6 is 0 Å². The standard InChI is InChI=1S/C11H13N3O2/c1-14(8-3-2-5-12-7-8)11(16)9-4-6-13-10(9)15/h2-3,5,7,9H,4,6H2,1H3,(H,13,15). The molecule has 1 fully saturated rings. The predicted octanol–water partition coefficient (Wildman–Crippen LogP) is 0.180. The van der Waals surface area contributed by atoms with Gasteiger partial charge in [-0.15, -0.1) is 0 Å². The van der Waals surface area contributed by atoms with Crippen LogP contribution in [0.4, 0.5) is 5.69 Å². The lowest BCUT2D eigenvalue weighted by molar-refractivity contribution is -0.131. The highest BCUT2D eigenvalue weighted by Crippen LogP contribution is 2.17. The number of carbonyl (C=O) groups excluding carboxylic acids is 2. The minimum atomic E-state index is -0.551. The van der Waals surface area contributed by atoms with Crippen molar-refractivity contribution in [3.8, 4) is 0 Å². The molecular weight excluding hydrogens is 206 g/mol. The van der Waals surface area contributed by atoms with Crippen molar-refractivity contribution in [3.63, 3.8) is 0 Å². The minimum absolute atomic E-state index is 0.178. The van der Waals surface area contributed by atoms with Crippen molar-refractivity contribution in [1.82, 2.24) is 10.3 Å². The Morgan fingerprint density at radius 2 is 2.44 bits per heavy atom. The molecule has 5 nitrogen and oxygen atoms in total. The number of amides is 2. The molecule has 1 N–H and O–H groups in total. The molecule has 1 aromatic heterocycles. The van der Waals surface area contributed by atoms with Crippen molar-refractivity contribution in [2.24, 2.45) is 5.92 Å². The van der Waals surface area contributed by atoms with Crippen LogP contribution in [0, 0.1) is 5.92 Å². The van der Waals surface area contributed by atoms with E-state index in [1.165, 1.54) is 4.90 Å². The topological polar surface area (TPSA) is 62.3 Å². The van der Waals surface area contributed by atoms with Crippen LogP contribution in [0.3, 0.4) is 0 Å². The van der Waals surface area contributed by atoms with Gasteiger partial charge >= 0.3 is 0 Å². The van der Waals surface area contributed by atoms with Gasteiger partial charge in [-0.3, -0.25) is 14.6 Å². The van der Waals surface area contributed by atoms with Crippen LogP contribution in [0.2, 0.25) is 0 Å². The van der Waals surface area contributed by atoms with Gasteiger partial charge in [0, 0.05) is 19.8 Å². The molecule has 0 saturated carbocycles. The van der Waals surface area contributed by atoms with Gasteiger partial charge in [0.15, 0.2) is 0 Å². The van der Waals surface area contributed by atoms with Crippen LogP contribution in [0.5, 0.6) is 0 Å². The molecule has 1 aromatic rings. The van der Waals surface area contributed by atoms with Crippen LogP contribution < -0.4 is 10.2 Å². The van der Waals surface area contributed by atoms with E-state index in [4.69, 9.17) is 0 Å². The summed E-state index contributed by atoms with van der Waals surface area (Å²) in [6, 6.07) is 3.55. The van der Waals surface area contributed by atoms with Gasteiger partial charge in [-0.25, -0.2) is 0 Å². The second-order valence-electron chi connectivity index (χ2n) is 3.74. The molecule has 0 aromatic carbocycles. The van der Waals surface area contributed by atoms with Crippen molar-refractivity contribution in [2.75, 3.05) is 18.5 Å². The minimum Gasteiger partial charge on any atom is -0.355 e. The van der Waals surface area contributed by atoms with E-state index in [9.17, 15) is 9.59 Å². The maximum absolute atomic E-state index is 12.0. The molecule has 1 aliphatic rings. The number of nitrogens with zero attached hydrogens (tertiary/aromatic N) is 2. The van der Waals surface area contributed by atoms with E-state index in [2.05, 4.69) is 10.3 Å². The van der Waals surface area contributed by atoms with Crippen LogP contribution in [0.1, 0.15) is 6.42 Å². The molecule has 1 atom stereocenters. The molecule has 1 aliphatic heterocycles. The molecule has 1 unspecified atom stereocenters. The largest absolute Gasteiger partial charge is 0.355 e. The van der Waals surface area contributed by atoms with Gasteiger partial charge in [0.25, 0.3) is 0 Å². The fourth-order valence-corrected chi connectivity index (χ4v) is 1.74. The summed E-state index contributed by atoms with van der Waals surface area (Å²) >= 11 is 0. The molecule has 0 spiro atoms. The van der Waals surface area contributed by atoms with E-state index in [0.29, 0.717) is 18.7 Å². The average molecular weight is 219 g/mol. The van der Waals surface area contributed by atoms with Crippen LogP contribution in [0.15, 0.2) is 24.5 Å². The van der Waals surface area contributed by atoms with Gasteiger partial charge in [0.1, 0.15) is 5.92 Å². The van der Waals surface area contributed by atoms with Crippen LogP contribution in [0.25, 0.3) is 0 Å². The van der Waals surface area contributed by atoms with Crippen LogP contribution in [-0.2, 0) is 9.59 Å². The first-order valence-electron chi connectivity index (χ1n) is 5.15. The lowest BCUT2D eigenvalue weighted by atomic mass is 10.1. The summed E-state index contributed by atoms with van der Waals surface area (Å²) in [4.78, 5) is 28.8. The third-order valence-corrected chi connectivity index (χ3v) is 2.71. The van der Waals surface area contributed by atoms with E-state index >= 15 is 0 Å². The number of carbonyl (C=O) groups is 2. The molecule has 2 rings (SSSR count). The van der Waals surface area contributed by atoms with Crippen molar-refractivity contribution in [2.45, 2.75) is 6.42 Å². The van der Waals surface area contributed by atoms with E-state index in [0.717, 1.165) is 0 Å². The lowest BCUT2D eigenvalue weighted by Crippen LogP contribution is -2.36. The maximum Gasteiger partial charge on any atom is 0.239 e. The quantitative estimate of drug-likeness (QED) is 0.722. The number of rotatable bonds is 2. The molecule has 0 radical (unpaired) electrons. The van der Waals surface area contributed by atoms with Crippen molar-refractivity contribution >= 4 is 17.5 Å². The lowest BCUT2D eigenvalue weighted by Gasteiger charge is -2.19. The van der Waals surface area contributed by atoms with E-state index < -0.39 is 5.92 Å². The highest BCUT2D eigenvalue weighted by atomic mass is 16.2. The summed E-state index contributed by atoms with van der Waals surface area (Å²) in [6.45, 7) is 0.579. The van der Waals surface area contributed by atoms with Crippen LogP contribution in [-0.4, -0.2) is 30.4 Å². The molecule has 1 saturated heterocycles. The summed E-state index contributed by atoms with van der Waals surface area (Å²) in [5.74, 6) is -0.908. The molecule has 16 heavy (non-hydrogen) atoms. The summed E-state index contributed by atoms with van der Waals surface area (Å²) in [5, 5.41) is 2.65. The van der Waals surface area contributed by atoms with Crippen molar-refractivity contribution in [3.05, 3.63) is 24.5 Å². The zero-order valence-electron chi connectivity index (χ0n) is 9.01. The second kappa shape index (κ2) is 4.30. The Balaban J connectivity index is 2.13. The first-order chi connectivity index (χ1) is 7.70. The molecule has 0 aliphatic carbocycles. The highest BCUT2D eigenvalue weighted by molar-refractivity contribution is 6.08. The van der Waals surface area contributed by atoms with Gasteiger partial charge in [-0.05, 0) is 18.6 Å². The molecular formula is C11H13N3O2. The van der Waals surface area contributed by atoms with E-state index in [1.807, 2.05) is 0 Å². The predicted molar refractivity (Wildman–Crippen MR) is 58.8 cm³/mol. The number of hydrogen-bond acceptors (Lipinski definition) is 3. The fraction of sp³-hybridized carbons (Fsp3) is 0.364. The third kappa shape index (κ3) is 1.88. The third-order valence-electron chi connectivity index (χ3n) is 2.71. The Hall–Kier alpha value is -1.91. The Kier molecular flexibility index (Phi) is 2.85. The summed E-state index contributed by atoms with van der Waals surface area (Å²) in [7, 11) is 1.66. The maximum atomic E-state index is 12.0. The summed E-state index contributed by atoms with van der Waals surface area (Å²) < 4.78 is 0. The summed E-state index contributed by atoms with van der Waals surface area (Å²) in [5.41, 5.74) is 0.701. The average Bonchev–Trinajstić information content (AvgIpc) is 2.75. The zero-order chi connectivity index (χ0) is 11.5. The number of hydrogen-bond donors (Lipinski definition) is 1. The highest BCUT2D eigenvalue weighted by Gasteiger charge is 2.33. The van der Waals surface area contributed by atoms with Gasteiger partial charge in [-0.1, -0.05) is 0 Å². The Labute approximate surface area is 93.5 Å². The molecule has 0 bridgehead atoms. The Morgan fingerprint density at radius 1 is 1.62 bits per heavy atom. The fourth-order valence-electron chi connectivity index (χ4n) is 1.74. The Morgan fingerprint density at radius 3 is 3.00 bits per heavy atom. The SMILES string of the molecule is CN(C(=O)C1CCNC1=O)c1cccnc1. The smallest absolute Gasteiger partial charge is 0.239 e. The molecule has 5 heteroatoms. The van der Waals surface area contributed by atoms with Gasteiger partial charge in [0.2, 0.25) is 11.8 Å². The van der Waals surface area contributed by atoms with Gasteiger partial charge in [-0.2, -0.15) is 0 Å². The monoisotopic (exact) mass is 219 g/mol. The zero-order valence-corrected chi connectivity index (χ0v) is 9.01. The first-order valence-corrected chi connectivity index (χ1v) is 5.15. The number of pyridine rings is 1. The van der Waals surface area contributed by atoms with Crippen molar-refractivity contribution in [1.29, 1.82) is 0 Å². The van der Waals surface area contributed by atoms with E-state index in [-0.39, 0.29) is 11.8 Å². The molecule has 84 valence electrons.